The van der Waals surface area contributed by atoms with E-state index in [1.54, 1.807) is 24.3 Å². The highest BCUT2D eigenvalue weighted by Crippen LogP contribution is 2.32. The Morgan fingerprint density at radius 2 is 1.50 bits per heavy atom. The Bertz CT molecular complexity index is 1120. The molecule has 1 atom stereocenters. The lowest BCUT2D eigenvalue weighted by molar-refractivity contribution is -0.137. The van der Waals surface area contributed by atoms with Crippen molar-refractivity contribution < 1.29 is 30.7 Å². The molecule has 32 heavy (non-hydrogen) atoms. The molecule has 0 aliphatic carbocycles. The molecule has 4 nitrogen and oxygen atoms in total. The molecular formula is C23H21F4NO3S. The summed E-state index contributed by atoms with van der Waals surface area (Å²) >= 11 is 0. The zero-order chi connectivity index (χ0) is 23.4. The Hall–Kier alpha value is -2.91. The van der Waals surface area contributed by atoms with Gasteiger partial charge in [-0.3, -0.25) is 0 Å². The lowest BCUT2D eigenvalue weighted by atomic mass is 10.1. The highest BCUT2D eigenvalue weighted by Gasteiger charge is 2.30. The first-order valence-corrected chi connectivity index (χ1v) is 11.1. The Morgan fingerprint density at radius 3 is 2.06 bits per heavy atom. The van der Waals surface area contributed by atoms with Gasteiger partial charge in [0.15, 0.2) is 0 Å². The second kappa shape index (κ2) is 9.70. The van der Waals surface area contributed by atoms with Crippen LogP contribution in [0, 0.1) is 5.82 Å². The second-order valence-corrected chi connectivity index (χ2v) is 9.15. The Kier molecular flexibility index (Phi) is 7.20. The Balaban J connectivity index is 1.76. The maximum Gasteiger partial charge on any atom is 0.416 e. The molecule has 0 bridgehead atoms. The zero-order valence-corrected chi connectivity index (χ0v) is 17.9. The van der Waals surface area contributed by atoms with Gasteiger partial charge in [0, 0.05) is 20.0 Å². The summed E-state index contributed by atoms with van der Waals surface area (Å²) in [5.41, 5.74) is -0.0359. The third-order valence-corrected chi connectivity index (χ3v) is 6.73. The third kappa shape index (κ3) is 5.86. The average molecular weight is 467 g/mol. The van der Waals surface area contributed by atoms with Crippen molar-refractivity contribution in [2.75, 3.05) is 13.6 Å². The van der Waals surface area contributed by atoms with Crippen LogP contribution in [0.15, 0.2) is 83.8 Å². The Labute approximate surface area is 184 Å². The molecule has 3 aromatic rings. The van der Waals surface area contributed by atoms with Gasteiger partial charge < -0.3 is 4.74 Å². The highest BCUT2D eigenvalue weighted by molar-refractivity contribution is 7.89. The fourth-order valence-electron chi connectivity index (χ4n) is 3.05. The molecule has 0 spiro atoms. The molecule has 0 aromatic heterocycles. The van der Waals surface area contributed by atoms with Crippen LogP contribution in [0.2, 0.25) is 0 Å². The van der Waals surface area contributed by atoms with Gasteiger partial charge in [-0.15, -0.1) is 0 Å². The van der Waals surface area contributed by atoms with E-state index in [4.69, 9.17) is 4.74 Å². The van der Waals surface area contributed by atoms with Crippen molar-refractivity contribution in [2.45, 2.75) is 23.6 Å². The van der Waals surface area contributed by atoms with Crippen LogP contribution in [-0.2, 0) is 16.2 Å². The van der Waals surface area contributed by atoms with Gasteiger partial charge in [0.25, 0.3) is 0 Å². The molecule has 170 valence electrons. The lowest BCUT2D eigenvalue weighted by Gasteiger charge is -2.23. The van der Waals surface area contributed by atoms with Crippen molar-refractivity contribution in [1.82, 2.24) is 4.31 Å². The third-order valence-electron chi connectivity index (χ3n) is 4.86. The van der Waals surface area contributed by atoms with Crippen molar-refractivity contribution in [2.24, 2.45) is 0 Å². The molecule has 0 heterocycles. The average Bonchev–Trinajstić information content (AvgIpc) is 2.77. The van der Waals surface area contributed by atoms with Gasteiger partial charge in [0.1, 0.15) is 17.7 Å². The van der Waals surface area contributed by atoms with E-state index in [1.807, 2.05) is 6.07 Å². The maximum atomic E-state index is 13.1. The summed E-state index contributed by atoms with van der Waals surface area (Å²) in [7, 11) is -2.44. The molecule has 0 saturated carbocycles. The van der Waals surface area contributed by atoms with Gasteiger partial charge in [-0.2, -0.15) is 13.2 Å². The molecule has 0 aliphatic heterocycles. The second-order valence-electron chi connectivity index (χ2n) is 7.11. The van der Waals surface area contributed by atoms with E-state index in [0.29, 0.717) is 0 Å². The van der Waals surface area contributed by atoms with E-state index in [9.17, 15) is 26.0 Å². The van der Waals surface area contributed by atoms with Crippen LogP contribution >= 0.6 is 0 Å². The summed E-state index contributed by atoms with van der Waals surface area (Å²) in [5, 5.41) is 0. The van der Waals surface area contributed by atoms with E-state index in [0.717, 1.165) is 34.1 Å². The van der Waals surface area contributed by atoms with Crippen molar-refractivity contribution in [1.29, 1.82) is 0 Å². The van der Waals surface area contributed by atoms with E-state index >= 15 is 0 Å². The highest BCUT2D eigenvalue weighted by atomic mass is 32.2. The van der Waals surface area contributed by atoms with Crippen LogP contribution in [-0.4, -0.2) is 26.3 Å². The summed E-state index contributed by atoms with van der Waals surface area (Å²) < 4.78 is 84.1. The standard InChI is InChI=1S/C23H21F4NO3S/c1-28(32(29,30)21-13-9-19(24)10-14-21)16-15-22(17-5-3-2-4-6-17)31-20-11-7-18(8-12-20)23(25,26)27/h2-14,22H,15-16H2,1H3/t22-/m0/s1. The molecule has 0 N–H and O–H groups in total. The minimum Gasteiger partial charge on any atom is -0.486 e. The Morgan fingerprint density at radius 1 is 0.906 bits per heavy atom. The maximum absolute atomic E-state index is 13.1. The normalized spacial score (nSPS) is 13.2. The number of hydrogen-bond acceptors (Lipinski definition) is 3. The summed E-state index contributed by atoms with van der Waals surface area (Å²) in [4.78, 5) is -0.0404. The summed E-state index contributed by atoms with van der Waals surface area (Å²) in [6.45, 7) is 0.0694. The molecule has 0 amide bonds. The molecule has 3 aromatic carbocycles. The predicted molar refractivity (Wildman–Crippen MR) is 112 cm³/mol. The smallest absolute Gasteiger partial charge is 0.416 e. The monoisotopic (exact) mass is 467 g/mol. The molecule has 0 aliphatic rings. The fraction of sp³-hybridized carbons (Fsp3) is 0.217. The first-order chi connectivity index (χ1) is 15.1. The van der Waals surface area contributed by atoms with Crippen LogP contribution in [0.25, 0.3) is 0 Å². The largest absolute Gasteiger partial charge is 0.486 e. The van der Waals surface area contributed by atoms with Gasteiger partial charge in [-0.1, -0.05) is 30.3 Å². The molecule has 3 rings (SSSR count). The van der Waals surface area contributed by atoms with Crippen LogP contribution in [0.3, 0.4) is 0 Å². The molecular weight excluding hydrogens is 446 g/mol. The van der Waals surface area contributed by atoms with E-state index in [1.165, 1.54) is 31.3 Å². The van der Waals surface area contributed by atoms with Crippen LogP contribution in [0.5, 0.6) is 5.75 Å². The van der Waals surface area contributed by atoms with Crippen LogP contribution in [0.4, 0.5) is 17.6 Å². The summed E-state index contributed by atoms with van der Waals surface area (Å²) in [5.74, 6) is -0.309. The van der Waals surface area contributed by atoms with E-state index < -0.39 is 33.7 Å². The van der Waals surface area contributed by atoms with Crippen molar-refractivity contribution >= 4 is 10.0 Å². The SMILES string of the molecule is CN(CC[C@H](Oc1ccc(C(F)(F)F)cc1)c1ccccc1)S(=O)(=O)c1ccc(F)cc1. The van der Waals surface area contributed by atoms with Crippen molar-refractivity contribution in [3.63, 3.8) is 0 Å². The number of ether oxygens (including phenoxy) is 1. The van der Waals surface area contributed by atoms with Gasteiger partial charge in [0.2, 0.25) is 10.0 Å². The number of nitrogens with zero attached hydrogens (tertiary/aromatic N) is 1. The van der Waals surface area contributed by atoms with Crippen LogP contribution < -0.4 is 4.74 Å². The molecule has 0 fully saturated rings. The van der Waals surface area contributed by atoms with Crippen LogP contribution in [0.1, 0.15) is 23.7 Å². The first-order valence-electron chi connectivity index (χ1n) is 9.68. The summed E-state index contributed by atoms with van der Waals surface area (Å²) in [6.07, 6.45) is -4.81. The summed E-state index contributed by atoms with van der Waals surface area (Å²) in [6, 6.07) is 17.8. The van der Waals surface area contributed by atoms with E-state index in [2.05, 4.69) is 0 Å². The molecule has 0 saturated heterocycles. The first kappa shape index (κ1) is 23.7. The topological polar surface area (TPSA) is 46.6 Å². The molecule has 0 unspecified atom stereocenters. The number of benzene rings is 3. The molecule has 9 heteroatoms. The molecule has 0 radical (unpaired) electrons. The predicted octanol–water partition coefficient (Wildman–Crippen LogP) is 5.68. The van der Waals surface area contributed by atoms with E-state index in [-0.39, 0.29) is 23.6 Å². The van der Waals surface area contributed by atoms with Gasteiger partial charge in [0.05, 0.1) is 10.5 Å². The van der Waals surface area contributed by atoms with Gasteiger partial charge in [-0.25, -0.2) is 17.1 Å². The van der Waals surface area contributed by atoms with Crippen molar-refractivity contribution in [3.8, 4) is 5.75 Å². The number of alkyl halides is 3. The quantitative estimate of drug-likeness (QED) is 0.401. The number of hydrogen-bond donors (Lipinski definition) is 0. The number of halogens is 4. The zero-order valence-electron chi connectivity index (χ0n) is 17.1. The fourth-order valence-corrected chi connectivity index (χ4v) is 4.24. The number of sulfonamides is 1. The number of rotatable bonds is 8. The minimum atomic E-state index is -4.45. The lowest BCUT2D eigenvalue weighted by Crippen LogP contribution is -2.29. The van der Waals surface area contributed by atoms with Crippen molar-refractivity contribution in [3.05, 3.63) is 95.8 Å². The van der Waals surface area contributed by atoms with Gasteiger partial charge >= 0.3 is 6.18 Å². The van der Waals surface area contributed by atoms with Gasteiger partial charge in [-0.05, 0) is 54.1 Å². The minimum absolute atomic E-state index is 0.0404.